The molecule has 0 spiro atoms. The Balaban J connectivity index is 3.18. The summed E-state index contributed by atoms with van der Waals surface area (Å²) in [6.07, 6.45) is 0. The van der Waals surface area contributed by atoms with Gasteiger partial charge in [0.1, 0.15) is 0 Å². The van der Waals surface area contributed by atoms with Gasteiger partial charge in [-0.15, -0.1) is 0 Å². The molecule has 0 aromatic heterocycles. The fourth-order valence-corrected chi connectivity index (χ4v) is 1.30. The maximum atomic E-state index is 8.88. The molecule has 1 rings (SSSR count). The fourth-order valence-electron chi connectivity index (χ4n) is 1.30. The van der Waals surface area contributed by atoms with Crippen LogP contribution in [0.3, 0.4) is 0 Å². The molecule has 0 fully saturated rings. The van der Waals surface area contributed by atoms with Gasteiger partial charge in [0.2, 0.25) is 0 Å². The van der Waals surface area contributed by atoms with Crippen LogP contribution in [0.4, 0.5) is 0 Å². The first-order valence-corrected chi connectivity index (χ1v) is 4.32. The predicted octanol–water partition coefficient (Wildman–Crippen LogP) is 2.17. The Morgan fingerprint density at radius 2 is 2.15 bits per heavy atom. The summed E-state index contributed by atoms with van der Waals surface area (Å²) in [7, 11) is 0. The standard InChI is InChI=1S/C11H13NO/c1-8(2)11-4-3-9(7-13)5-10(11)6-12/h3-5,8,13H,7H2,1-2H3. The summed E-state index contributed by atoms with van der Waals surface area (Å²) in [6, 6.07) is 7.65. The second-order valence-electron chi connectivity index (χ2n) is 3.35. The number of rotatable bonds is 2. The lowest BCUT2D eigenvalue weighted by Crippen LogP contribution is -1.94. The molecule has 0 atom stereocenters. The molecule has 0 aliphatic carbocycles. The SMILES string of the molecule is CC(C)c1ccc(CO)cc1C#N. The third-order valence-corrected chi connectivity index (χ3v) is 2.04. The first-order chi connectivity index (χ1) is 6.19. The summed E-state index contributed by atoms with van der Waals surface area (Å²) in [4.78, 5) is 0. The molecule has 1 aromatic rings. The van der Waals surface area contributed by atoms with E-state index in [9.17, 15) is 0 Å². The molecule has 0 aliphatic rings. The topological polar surface area (TPSA) is 44.0 Å². The van der Waals surface area contributed by atoms with Crippen molar-refractivity contribution in [3.8, 4) is 6.07 Å². The van der Waals surface area contributed by atoms with Crippen molar-refractivity contribution in [3.63, 3.8) is 0 Å². The van der Waals surface area contributed by atoms with Crippen LogP contribution in [0.2, 0.25) is 0 Å². The van der Waals surface area contributed by atoms with Crippen molar-refractivity contribution in [3.05, 3.63) is 34.9 Å². The van der Waals surface area contributed by atoms with Crippen molar-refractivity contribution in [2.75, 3.05) is 0 Å². The minimum atomic E-state index is -0.00689. The molecule has 0 heterocycles. The first kappa shape index (κ1) is 9.76. The van der Waals surface area contributed by atoms with Crippen LogP contribution in [0.25, 0.3) is 0 Å². The molecule has 1 aromatic carbocycles. The molecule has 1 N–H and O–H groups in total. The Morgan fingerprint density at radius 3 is 2.62 bits per heavy atom. The van der Waals surface area contributed by atoms with Crippen LogP contribution in [-0.2, 0) is 6.61 Å². The summed E-state index contributed by atoms with van der Waals surface area (Å²) in [5, 5.41) is 17.7. The van der Waals surface area contributed by atoms with E-state index in [1.54, 1.807) is 6.07 Å². The number of nitriles is 1. The molecule has 2 heteroatoms. The molecule has 13 heavy (non-hydrogen) atoms. The molecule has 68 valence electrons. The van der Waals surface area contributed by atoms with Crippen LogP contribution in [0.15, 0.2) is 18.2 Å². The van der Waals surface area contributed by atoms with Gasteiger partial charge in [-0.1, -0.05) is 26.0 Å². The molecule has 2 nitrogen and oxygen atoms in total. The van der Waals surface area contributed by atoms with Crippen molar-refractivity contribution in [2.45, 2.75) is 26.4 Å². The van der Waals surface area contributed by atoms with Crippen molar-refractivity contribution in [1.82, 2.24) is 0 Å². The second-order valence-corrected chi connectivity index (χ2v) is 3.35. The van der Waals surface area contributed by atoms with Gasteiger partial charge in [0, 0.05) is 0 Å². The molecular weight excluding hydrogens is 162 g/mol. The van der Waals surface area contributed by atoms with Crippen LogP contribution >= 0.6 is 0 Å². The average molecular weight is 175 g/mol. The third kappa shape index (κ3) is 2.07. The predicted molar refractivity (Wildman–Crippen MR) is 51.2 cm³/mol. The van der Waals surface area contributed by atoms with E-state index in [1.807, 2.05) is 12.1 Å². The number of hydrogen-bond donors (Lipinski definition) is 1. The maximum absolute atomic E-state index is 8.88. The zero-order valence-corrected chi connectivity index (χ0v) is 7.91. The normalized spacial score (nSPS) is 10.1. The minimum absolute atomic E-state index is 0.00689. The molecule has 0 bridgehead atoms. The van der Waals surface area contributed by atoms with E-state index >= 15 is 0 Å². The van der Waals surface area contributed by atoms with Crippen molar-refractivity contribution < 1.29 is 5.11 Å². The number of aliphatic hydroxyl groups is 1. The highest BCUT2D eigenvalue weighted by atomic mass is 16.3. The number of aliphatic hydroxyl groups excluding tert-OH is 1. The van der Waals surface area contributed by atoms with E-state index in [0.29, 0.717) is 11.5 Å². The number of hydrogen-bond acceptors (Lipinski definition) is 2. The lowest BCUT2D eigenvalue weighted by Gasteiger charge is -2.08. The monoisotopic (exact) mass is 175 g/mol. The van der Waals surface area contributed by atoms with Gasteiger partial charge < -0.3 is 5.11 Å². The minimum Gasteiger partial charge on any atom is -0.392 e. The van der Waals surface area contributed by atoms with Crippen LogP contribution in [-0.4, -0.2) is 5.11 Å². The van der Waals surface area contributed by atoms with Crippen LogP contribution < -0.4 is 0 Å². The lowest BCUT2D eigenvalue weighted by atomic mass is 9.96. The summed E-state index contributed by atoms with van der Waals surface area (Å²) in [5.41, 5.74) is 2.50. The third-order valence-electron chi connectivity index (χ3n) is 2.04. The van der Waals surface area contributed by atoms with Crippen molar-refractivity contribution >= 4 is 0 Å². The van der Waals surface area contributed by atoms with E-state index in [0.717, 1.165) is 11.1 Å². The van der Waals surface area contributed by atoms with E-state index in [-0.39, 0.29) is 6.61 Å². The molecular formula is C11H13NO. The molecule has 0 saturated heterocycles. The Bertz CT molecular complexity index is 336. The van der Waals surface area contributed by atoms with Crippen LogP contribution in [0.5, 0.6) is 0 Å². The quantitative estimate of drug-likeness (QED) is 0.748. The van der Waals surface area contributed by atoms with Gasteiger partial charge in [0.05, 0.1) is 18.2 Å². The van der Waals surface area contributed by atoms with Gasteiger partial charge in [-0.3, -0.25) is 0 Å². The highest BCUT2D eigenvalue weighted by Crippen LogP contribution is 2.19. The molecule has 0 unspecified atom stereocenters. The summed E-state index contributed by atoms with van der Waals surface area (Å²) in [6.45, 7) is 4.09. The van der Waals surface area contributed by atoms with E-state index in [2.05, 4.69) is 19.9 Å². The van der Waals surface area contributed by atoms with Gasteiger partial charge in [-0.2, -0.15) is 5.26 Å². The molecule has 0 amide bonds. The Labute approximate surface area is 78.4 Å². The zero-order valence-electron chi connectivity index (χ0n) is 7.91. The summed E-state index contributed by atoms with van der Waals surface area (Å²) in [5.74, 6) is 0.349. The average Bonchev–Trinajstić information content (AvgIpc) is 2.16. The van der Waals surface area contributed by atoms with Gasteiger partial charge in [-0.05, 0) is 23.1 Å². The smallest absolute Gasteiger partial charge is 0.0994 e. The number of nitrogens with zero attached hydrogens (tertiary/aromatic N) is 1. The fraction of sp³-hybridized carbons (Fsp3) is 0.364. The highest BCUT2D eigenvalue weighted by Gasteiger charge is 2.06. The molecule has 0 radical (unpaired) electrons. The van der Waals surface area contributed by atoms with Crippen molar-refractivity contribution in [2.24, 2.45) is 0 Å². The van der Waals surface area contributed by atoms with Crippen LogP contribution in [0, 0.1) is 11.3 Å². The zero-order chi connectivity index (χ0) is 9.84. The second kappa shape index (κ2) is 4.06. The molecule has 0 saturated carbocycles. The van der Waals surface area contributed by atoms with Gasteiger partial charge in [0.15, 0.2) is 0 Å². The Hall–Kier alpha value is -1.33. The van der Waals surface area contributed by atoms with E-state index in [1.165, 1.54) is 0 Å². The summed E-state index contributed by atoms with van der Waals surface area (Å²) < 4.78 is 0. The van der Waals surface area contributed by atoms with Gasteiger partial charge in [0.25, 0.3) is 0 Å². The maximum Gasteiger partial charge on any atom is 0.0994 e. The van der Waals surface area contributed by atoms with Gasteiger partial charge >= 0.3 is 0 Å². The molecule has 0 aliphatic heterocycles. The van der Waals surface area contributed by atoms with Crippen LogP contribution in [0.1, 0.15) is 36.5 Å². The number of benzene rings is 1. The Morgan fingerprint density at radius 1 is 1.46 bits per heavy atom. The van der Waals surface area contributed by atoms with Crippen molar-refractivity contribution in [1.29, 1.82) is 5.26 Å². The largest absolute Gasteiger partial charge is 0.392 e. The highest BCUT2D eigenvalue weighted by molar-refractivity contribution is 5.42. The lowest BCUT2D eigenvalue weighted by molar-refractivity contribution is 0.282. The van der Waals surface area contributed by atoms with E-state index < -0.39 is 0 Å². The van der Waals surface area contributed by atoms with E-state index in [4.69, 9.17) is 10.4 Å². The summed E-state index contributed by atoms with van der Waals surface area (Å²) >= 11 is 0. The Kier molecular flexibility index (Phi) is 3.05. The first-order valence-electron chi connectivity index (χ1n) is 4.32. The van der Waals surface area contributed by atoms with Gasteiger partial charge in [-0.25, -0.2) is 0 Å².